The first-order valence-corrected chi connectivity index (χ1v) is 11.1. The van der Waals surface area contributed by atoms with Gasteiger partial charge in [-0.1, -0.05) is 24.6 Å². The van der Waals surface area contributed by atoms with Crippen LogP contribution in [0.4, 0.5) is 5.82 Å². The number of likely N-dealkylation sites (tertiary alicyclic amines) is 1. The van der Waals surface area contributed by atoms with Gasteiger partial charge < -0.3 is 16.2 Å². The number of aromatic nitrogens is 1. The van der Waals surface area contributed by atoms with Crippen molar-refractivity contribution >= 4 is 28.3 Å². The Hall–Kier alpha value is -2.51. The van der Waals surface area contributed by atoms with E-state index < -0.39 is 12.1 Å². The summed E-state index contributed by atoms with van der Waals surface area (Å²) in [6.45, 7) is 6.06. The monoisotopic (exact) mass is 426 g/mol. The molecule has 1 aliphatic heterocycles. The van der Waals surface area contributed by atoms with Crippen LogP contribution < -0.4 is 11.1 Å². The highest BCUT2D eigenvalue weighted by Crippen LogP contribution is 2.22. The lowest BCUT2D eigenvalue weighted by Crippen LogP contribution is -2.53. The molecule has 1 aromatic heterocycles. The topological polar surface area (TPSA) is 109 Å². The van der Waals surface area contributed by atoms with Crippen LogP contribution in [0.5, 0.6) is 0 Å². The minimum Gasteiger partial charge on any atom is -0.391 e. The number of carbonyl (C=O) groups excluding carboxylic acids is 2. The van der Waals surface area contributed by atoms with E-state index in [2.05, 4.69) is 29.0 Å². The summed E-state index contributed by atoms with van der Waals surface area (Å²) in [7, 11) is 0. The summed E-state index contributed by atoms with van der Waals surface area (Å²) in [6, 6.07) is 7.51. The molecule has 1 amide bonds. The van der Waals surface area contributed by atoms with Gasteiger partial charge in [0.25, 0.3) is 0 Å². The van der Waals surface area contributed by atoms with Crippen molar-refractivity contribution in [2.24, 2.45) is 0 Å². The number of pyridine rings is 1. The van der Waals surface area contributed by atoms with E-state index in [9.17, 15) is 14.7 Å². The van der Waals surface area contributed by atoms with Gasteiger partial charge in [0.2, 0.25) is 5.91 Å². The SMILES string of the molecule is CC(O)[C@H](NC(=O)CN1[C@H](C)CCC[C@@H]1C)C(=O)CCc1ccc2c(N)nccc2c1. The molecule has 0 aliphatic carbocycles. The van der Waals surface area contributed by atoms with E-state index in [0.717, 1.165) is 29.2 Å². The van der Waals surface area contributed by atoms with Crippen molar-refractivity contribution in [2.45, 2.75) is 77.1 Å². The van der Waals surface area contributed by atoms with Crippen LogP contribution in [0.1, 0.15) is 52.0 Å². The van der Waals surface area contributed by atoms with Crippen LogP contribution in [-0.4, -0.2) is 57.5 Å². The van der Waals surface area contributed by atoms with Crippen LogP contribution in [0.2, 0.25) is 0 Å². The van der Waals surface area contributed by atoms with Crippen LogP contribution in [0.15, 0.2) is 30.5 Å². The van der Waals surface area contributed by atoms with E-state index in [-0.39, 0.29) is 24.7 Å². The van der Waals surface area contributed by atoms with Crippen LogP contribution >= 0.6 is 0 Å². The second-order valence-corrected chi connectivity index (χ2v) is 8.81. The molecular formula is C24H34N4O3. The highest BCUT2D eigenvalue weighted by atomic mass is 16.3. The number of ketones is 1. The van der Waals surface area contributed by atoms with Gasteiger partial charge in [-0.25, -0.2) is 4.98 Å². The Balaban J connectivity index is 1.59. The zero-order valence-corrected chi connectivity index (χ0v) is 18.7. The lowest BCUT2D eigenvalue weighted by atomic mass is 9.97. The number of anilines is 1. The number of nitrogens with one attached hydrogen (secondary N) is 1. The van der Waals surface area contributed by atoms with E-state index in [0.29, 0.717) is 24.3 Å². The third-order valence-electron chi connectivity index (χ3n) is 6.37. The number of carbonyl (C=O) groups is 2. The Morgan fingerprint density at radius 2 is 1.97 bits per heavy atom. The van der Waals surface area contributed by atoms with Crippen LogP contribution in [0, 0.1) is 0 Å². The molecule has 0 radical (unpaired) electrons. The number of piperidine rings is 1. The molecule has 4 N–H and O–H groups in total. The molecule has 2 aromatic rings. The fourth-order valence-corrected chi connectivity index (χ4v) is 4.47. The second kappa shape index (κ2) is 10.2. The molecule has 31 heavy (non-hydrogen) atoms. The van der Waals surface area contributed by atoms with E-state index in [1.165, 1.54) is 6.42 Å². The zero-order chi connectivity index (χ0) is 22.5. The van der Waals surface area contributed by atoms with E-state index >= 15 is 0 Å². The van der Waals surface area contributed by atoms with E-state index in [1.807, 2.05) is 24.3 Å². The van der Waals surface area contributed by atoms with Crippen molar-refractivity contribution in [3.8, 4) is 0 Å². The Morgan fingerprint density at radius 3 is 2.65 bits per heavy atom. The molecule has 1 fully saturated rings. The van der Waals surface area contributed by atoms with Gasteiger partial charge in [-0.05, 0) is 57.0 Å². The summed E-state index contributed by atoms with van der Waals surface area (Å²) >= 11 is 0. The fourth-order valence-electron chi connectivity index (χ4n) is 4.47. The number of rotatable bonds is 8. The zero-order valence-electron chi connectivity index (χ0n) is 18.7. The highest BCUT2D eigenvalue weighted by molar-refractivity contribution is 5.92. The van der Waals surface area contributed by atoms with Crippen LogP contribution in [0.3, 0.4) is 0 Å². The van der Waals surface area contributed by atoms with Crippen molar-refractivity contribution in [1.29, 1.82) is 0 Å². The van der Waals surface area contributed by atoms with Gasteiger partial charge in [0.15, 0.2) is 5.78 Å². The number of nitrogen functional groups attached to an aromatic ring is 1. The summed E-state index contributed by atoms with van der Waals surface area (Å²) in [6.07, 6.45) is 4.79. The van der Waals surface area contributed by atoms with Gasteiger partial charge in [-0.3, -0.25) is 14.5 Å². The Labute approximate surface area is 184 Å². The molecule has 168 valence electrons. The number of nitrogens with two attached hydrogens (primary N) is 1. The lowest BCUT2D eigenvalue weighted by molar-refractivity contribution is -0.131. The number of hydrogen-bond donors (Lipinski definition) is 3. The van der Waals surface area contributed by atoms with Gasteiger partial charge in [0, 0.05) is 30.1 Å². The normalized spacial score (nSPS) is 21.5. The maximum absolute atomic E-state index is 12.8. The molecule has 1 unspecified atom stereocenters. The molecule has 3 rings (SSSR count). The molecule has 7 heteroatoms. The first-order chi connectivity index (χ1) is 14.8. The molecule has 0 bridgehead atoms. The number of nitrogens with zero attached hydrogens (tertiary/aromatic N) is 2. The minimum absolute atomic E-state index is 0.169. The maximum atomic E-state index is 12.8. The molecule has 1 saturated heterocycles. The van der Waals surface area contributed by atoms with Crippen molar-refractivity contribution < 1.29 is 14.7 Å². The Bertz CT molecular complexity index is 920. The molecule has 0 saturated carbocycles. The predicted octanol–water partition coefficient (Wildman–Crippen LogP) is 2.45. The van der Waals surface area contributed by atoms with Crippen LogP contribution in [0.25, 0.3) is 10.8 Å². The molecule has 7 nitrogen and oxygen atoms in total. The van der Waals surface area contributed by atoms with Gasteiger partial charge in [-0.15, -0.1) is 0 Å². The standard InChI is InChI=1S/C24H34N4O3/c1-15-5-4-6-16(2)28(15)14-22(31)27-23(17(3)29)21(30)10-8-18-7-9-20-19(13-18)11-12-26-24(20)25/h7,9,11-13,15-17,23,29H,4-6,8,10,14H2,1-3H3,(H2,25,26)(H,27,31)/t15-,16+,17?,23-/m0/s1. The number of Topliss-reactive ketones (excluding diaryl/α,β-unsaturated/α-hetero) is 1. The third-order valence-corrected chi connectivity index (χ3v) is 6.37. The molecule has 1 aromatic carbocycles. The summed E-state index contributed by atoms with van der Waals surface area (Å²) in [4.78, 5) is 31.7. The van der Waals surface area contributed by atoms with E-state index in [1.54, 1.807) is 13.1 Å². The number of aliphatic hydroxyl groups is 1. The van der Waals surface area contributed by atoms with E-state index in [4.69, 9.17) is 5.73 Å². The fraction of sp³-hybridized carbons (Fsp3) is 0.542. The van der Waals surface area contributed by atoms with Gasteiger partial charge in [0.1, 0.15) is 11.9 Å². The first-order valence-electron chi connectivity index (χ1n) is 11.1. The third kappa shape index (κ3) is 5.80. The predicted molar refractivity (Wildman–Crippen MR) is 123 cm³/mol. The van der Waals surface area contributed by atoms with Gasteiger partial charge >= 0.3 is 0 Å². The lowest BCUT2D eigenvalue weighted by Gasteiger charge is -2.38. The van der Waals surface area contributed by atoms with Crippen molar-refractivity contribution in [2.75, 3.05) is 12.3 Å². The van der Waals surface area contributed by atoms with Crippen LogP contribution in [-0.2, 0) is 16.0 Å². The number of benzene rings is 1. The Morgan fingerprint density at radius 1 is 1.26 bits per heavy atom. The largest absolute Gasteiger partial charge is 0.391 e. The summed E-state index contributed by atoms with van der Waals surface area (Å²) in [5.74, 6) is 0.0975. The van der Waals surface area contributed by atoms with Crippen molar-refractivity contribution in [3.63, 3.8) is 0 Å². The van der Waals surface area contributed by atoms with Gasteiger partial charge in [0.05, 0.1) is 12.6 Å². The summed E-state index contributed by atoms with van der Waals surface area (Å²) < 4.78 is 0. The number of hydrogen-bond acceptors (Lipinski definition) is 6. The smallest absolute Gasteiger partial charge is 0.234 e. The number of amides is 1. The highest BCUT2D eigenvalue weighted by Gasteiger charge is 2.29. The number of aliphatic hydroxyl groups excluding tert-OH is 1. The number of aryl methyl sites for hydroxylation is 1. The molecule has 4 atom stereocenters. The quantitative estimate of drug-likeness (QED) is 0.598. The number of fused-ring (bicyclic) bond motifs is 1. The summed E-state index contributed by atoms with van der Waals surface area (Å²) in [5, 5.41) is 14.8. The molecule has 0 spiro atoms. The first kappa shape index (κ1) is 23.2. The average molecular weight is 427 g/mol. The average Bonchev–Trinajstić information content (AvgIpc) is 2.73. The summed E-state index contributed by atoms with van der Waals surface area (Å²) in [5.41, 5.74) is 6.89. The second-order valence-electron chi connectivity index (χ2n) is 8.81. The molecule has 1 aliphatic rings. The molecule has 2 heterocycles. The minimum atomic E-state index is -0.949. The van der Waals surface area contributed by atoms with Crippen molar-refractivity contribution in [1.82, 2.24) is 15.2 Å². The van der Waals surface area contributed by atoms with Crippen molar-refractivity contribution in [3.05, 3.63) is 36.0 Å². The Kier molecular flexibility index (Phi) is 7.62. The maximum Gasteiger partial charge on any atom is 0.234 e. The molecular weight excluding hydrogens is 392 g/mol. The van der Waals surface area contributed by atoms with Gasteiger partial charge in [-0.2, -0.15) is 0 Å².